The molecular weight excluding hydrogens is 438 g/mol. The SMILES string of the molecule is O=[N+]([O-])c1ccc(N(CCO)CCO)c(S(=O)(=O)N2CCN(Cc3ccncc3)CC2)c1. The summed E-state index contributed by atoms with van der Waals surface area (Å²) in [6, 6.07) is 7.46. The van der Waals surface area contributed by atoms with Crippen LogP contribution in [0.25, 0.3) is 0 Å². The molecule has 1 saturated heterocycles. The highest BCUT2D eigenvalue weighted by Crippen LogP contribution is 2.32. The van der Waals surface area contributed by atoms with Crippen molar-refractivity contribution in [2.45, 2.75) is 11.4 Å². The van der Waals surface area contributed by atoms with Gasteiger partial charge in [-0.15, -0.1) is 0 Å². The standard InChI is InChI=1S/C20H27N5O6S/c26-13-11-23(12-14-27)19-2-1-18(25(28)29)15-20(19)32(30,31)24-9-7-22(8-10-24)16-17-3-5-21-6-4-17/h1-6,15,26-27H,7-14,16H2. The largest absolute Gasteiger partial charge is 0.395 e. The molecule has 174 valence electrons. The molecule has 1 aliphatic heterocycles. The minimum Gasteiger partial charge on any atom is -0.395 e. The molecule has 0 radical (unpaired) electrons. The third-order valence-corrected chi connectivity index (χ3v) is 7.27. The first-order valence-electron chi connectivity index (χ1n) is 10.2. The number of aromatic nitrogens is 1. The highest BCUT2D eigenvalue weighted by molar-refractivity contribution is 7.89. The van der Waals surface area contributed by atoms with Gasteiger partial charge in [-0.3, -0.25) is 20.0 Å². The van der Waals surface area contributed by atoms with Gasteiger partial charge >= 0.3 is 0 Å². The van der Waals surface area contributed by atoms with Crippen molar-refractivity contribution in [2.75, 3.05) is 57.4 Å². The molecule has 0 bridgehead atoms. The summed E-state index contributed by atoms with van der Waals surface area (Å²) in [6.45, 7) is 1.85. The maximum absolute atomic E-state index is 13.5. The molecule has 1 aliphatic rings. The molecule has 0 amide bonds. The third kappa shape index (κ3) is 5.58. The quantitative estimate of drug-likeness (QED) is 0.374. The van der Waals surface area contributed by atoms with Gasteiger partial charge in [0.1, 0.15) is 4.90 Å². The van der Waals surface area contributed by atoms with Crippen molar-refractivity contribution >= 4 is 21.4 Å². The Balaban J connectivity index is 1.85. The van der Waals surface area contributed by atoms with Gasteiger partial charge in [0.05, 0.1) is 23.8 Å². The molecule has 1 fully saturated rings. The van der Waals surface area contributed by atoms with E-state index in [1.807, 2.05) is 12.1 Å². The molecule has 3 rings (SSSR count). The van der Waals surface area contributed by atoms with Gasteiger partial charge in [0.15, 0.2) is 0 Å². The highest BCUT2D eigenvalue weighted by atomic mass is 32.2. The van der Waals surface area contributed by atoms with Crippen LogP contribution in [-0.4, -0.2) is 90.2 Å². The number of nitrogens with zero attached hydrogens (tertiary/aromatic N) is 5. The minimum absolute atomic E-state index is 0.0839. The molecule has 11 nitrogen and oxygen atoms in total. The van der Waals surface area contributed by atoms with Gasteiger partial charge in [-0.05, 0) is 23.8 Å². The van der Waals surface area contributed by atoms with Crippen LogP contribution in [0.4, 0.5) is 11.4 Å². The zero-order chi connectivity index (χ0) is 23.1. The molecule has 1 aromatic heterocycles. The molecule has 0 spiro atoms. The van der Waals surface area contributed by atoms with Crippen LogP contribution in [0, 0.1) is 10.1 Å². The number of sulfonamides is 1. The molecule has 0 atom stereocenters. The first-order chi connectivity index (χ1) is 15.4. The number of anilines is 1. The number of nitro benzene ring substituents is 1. The summed E-state index contributed by atoms with van der Waals surface area (Å²) < 4.78 is 28.3. The van der Waals surface area contributed by atoms with E-state index in [1.54, 1.807) is 12.4 Å². The maximum Gasteiger partial charge on any atom is 0.270 e. The van der Waals surface area contributed by atoms with E-state index in [9.17, 15) is 28.7 Å². The lowest BCUT2D eigenvalue weighted by Gasteiger charge is -2.35. The van der Waals surface area contributed by atoms with Gasteiger partial charge in [0.25, 0.3) is 5.69 Å². The van der Waals surface area contributed by atoms with Gasteiger partial charge < -0.3 is 15.1 Å². The maximum atomic E-state index is 13.5. The predicted octanol–water partition coefficient (Wildman–Crippen LogP) is 0.287. The Morgan fingerprint density at radius 1 is 1.03 bits per heavy atom. The van der Waals surface area contributed by atoms with E-state index in [1.165, 1.54) is 21.3 Å². The number of nitro groups is 1. The van der Waals surface area contributed by atoms with Crippen molar-refractivity contribution in [3.05, 3.63) is 58.4 Å². The van der Waals surface area contributed by atoms with Crippen LogP contribution >= 0.6 is 0 Å². The summed E-state index contributed by atoms with van der Waals surface area (Å²) in [7, 11) is -4.04. The third-order valence-electron chi connectivity index (χ3n) is 5.34. The summed E-state index contributed by atoms with van der Waals surface area (Å²) in [5, 5.41) is 30.0. The lowest BCUT2D eigenvalue weighted by atomic mass is 10.2. The summed E-state index contributed by atoms with van der Waals surface area (Å²) in [5.41, 5.74) is 0.968. The van der Waals surface area contributed by atoms with Crippen molar-refractivity contribution in [1.82, 2.24) is 14.2 Å². The molecule has 0 aliphatic carbocycles. The van der Waals surface area contributed by atoms with Gasteiger partial charge in [-0.1, -0.05) is 0 Å². The first-order valence-corrected chi connectivity index (χ1v) is 11.7. The Labute approximate surface area is 186 Å². The van der Waals surface area contributed by atoms with Crippen molar-refractivity contribution < 1.29 is 23.6 Å². The molecule has 32 heavy (non-hydrogen) atoms. The number of non-ortho nitro benzene ring substituents is 1. The number of hydrogen-bond donors (Lipinski definition) is 2. The highest BCUT2D eigenvalue weighted by Gasteiger charge is 2.33. The van der Waals surface area contributed by atoms with Gasteiger partial charge in [-0.25, -0.2) is 8.42 Å². The van der Waals surface area contributed by atoms with Gasteiger partial charge in [-0.2, -0.15) is 4.31 Å². The first kappa shape index (κ1) is 24.0. The molecule has 2 heterocycles. The summed E-state index contributed by atoms with van der Waals surface area (Å²) in [5.74, 6) is 0. The fourth-order valence-electron chi connectivity index (χ4n) is 3.69. The zero-order valence-electron chi connectivity index (χ0n) is 17.6. The van der Waals surface area contributed by atoms with E-state index in [2.05, 4.69) is 9.88 Å². The van der Waals surface area contributed by atoms with Crippen LogP contribution in [0.2, 0.25) is 0 Å². The second-order valence-corrected chi connectivity index (χ2v) is 9.29. The fourth-order valence-corrected chi connectivity index (χ4v) is 5.35. The topological polar surface area (TPSA) is 140 Å². The Morgan fingerprint density at radius 3 is 2.22 bits per heavy atom. The van der Waals surface area contributed by atoms with Crippen LogP contribution in [0.3, 0.4) is 0 Å². The van der Waals surface area contributed by atoms with E-state index in [-0.39, 0.29) is 55.7 Å². The average Bonchev–Trinajstić information content (AvgIpc) is 2.79. The Bertz CT molecular complexity index is 1010. The van der Waals surface area contributed by atoms with Crippen LogP contribution in [0.5, 0.6) is 0 Å². The average molecular weight is 466 g/mol. The van der Waals surface area contributed by atoms with E-state index in [4.69, 9.17) is 0 Å². The zero-order valence-corrected chi connectivity index (χ0v) is 18.4. The number of hydrogen-bond acceptors (Lipinski definition) is 9. The second-order valence-electron chi connectivity index (χ2n) is 7.38. The van der Waals surface area contributed by atoms with Crippen molar-refractivity contribution in [3.8, 4) is 0 Å². The Hall–Kier alpha value is -2.64. The predicted molar refractivity (Wildman–Crippen MR) is 118 cm³/mol. The van der Waals surface area contributed by atoms with Crippen LogP contribution in [0.1, 0.15) is 5.56 Å². The van der Waals surface area contributed by atoms with E-state index < -0.39 is 14.9 Å². The lowest BCUT2D eigenvalue weighted by molar-refractivity contribution is -0.385. The van der Waals surface area contributed by atoms with Crippen LogP contribution in [-0.2, 0) is 16.6 Å². The van der Waals surface area contributed by atoms with Crippen LogP contribution < -0.4 is 4.90 Å². The number of piperazine rings is 1. The summed E-state index contributed by atoms with van der Waals surface area (Å²) in [4.78, 5) is 18.1. The van der Waals surface area contributed by atoms with E-state index in [0.29, 0.717) is 19.6 Å². The molecule has 0 unspecified atom stereocenters. The van der Waals surface area contributed by atoms with E-state index >= 15 is 0 Å². The number of benzene rings is 1. The summed E-state index contributed by atoms with van der Waals surface area (Å²) >= 11 is 0. The number of aliphatic hydroxyl groups excluding tert-OH is 2. The molecule has 2 N–H and O–H groups in total. The molecule has 12 heteroatoms. The Morgan fingerprint density at radius 2 is 1.66 bits per heavy atom. The molecule has 1 aromatic carbocycles. The van der Waals surface area contributed by atoms with Crippen molar-refractivity contribution in [2.24, 2.45) is 0 Å². The molecule has 2 aromatic rings. The monoisotopic (exact) mass is 465 g/mol. The molecular formula is C20H27N5O6S. The lowest BCUT2D eigenvalue weighted by Crippen LogP contribution is -2.48. The number of pyridine rings is 1. The fraction of sp³-hybridized carbons (Fsp3) is 0.450. The second kappa shape index (κ2) is 10.8. The number of aliphatic hydroxyl groups is 2. The Kier molecular flexibility index (Phi) is 8.10. The van der Waals surface area contributed by atoms with E-state index in [0.717, 1.165) is 11.6 Å². The number of rotatable bonds is 10. The van der Waals surface area contributed by atoms with Crippen molar-refractivity contribution in [3.63, 3.8) is 0 Å². The normalized spacial score (nSPS) is 15.6. The summed E-state index contributed by atoms with van der Waals surface area (Å²) in [6.07, 6.45) is 3.43. The van der Waals surface area contributed by atoms with Crippen molar-refractivity contribution in [1.29, 1.82) is 0 Å². The van der Waals surface area contributed by atoms with Crippen LogP contribution in [0.15, 0.2) is 47.6 Å². The van der Waals surface area contributed by atoms with Gasteiger partial charge in [0.2, 0.25) is 10.0 Å². The van der Waals surface area contributed by atoms with Gasteiger partial charge in [0, 0.05) is 70.3 Å². The smallest absolute Gasteiger partial charge is 0.270 e. The minimum atomic E-state index is -4.04. The molecule has 0 saturated carbocycles.